The van der Waals surface area contributed by atoms with E-state index in [1.165, 1.54) is 50.4 Å². The lowest BCUT2D eigenvalue weighted by molar-refractivity contribution is -0.384. The number of ether oxygens (including phenoxy) is 1. The molecule has 10 nitrogen and oxygen atoms in total. The van der Waals surface area contributed by atoms with E-state index in [0.29, 0.717) is 5.56 Å². The van der Waals surface area contributed by atoms with E-state index in [0.717, 1.165) is 16.6 Å². The van der Waals surface area contributed by atoms with Gasteiger partial charge < -0.3 is 10.1 Å². The van der Waals surface area contributed by atoms with Crippen LogP contribution in [0.15, 0.2) is 42.5 Å². The number of nitrogens with one attached hydrogen (secondary N) is 1. The molecule has 1 amide bonds. The molecule has 11 heteroatoms. The van der Waals surface area contributed by atoms with Crippen LogP contribution in [0, 0.1) is 17.0 Å². The minimum absolute atomic E-state index is 0.0256. The van der Waals surface area contributed by atoms with Crippen LogP contribution in [0.5, 0.6) is 0 Å². The topological polar surface area (TPSA) is 136 Å². The van der Waals surface area contributed by atoms with Crippen molar-refractivity contribution in [3.63, 3.8) is 0 Å². The molecule has 1 N–H and O–H groups in total. The summed E-state index contributed by atoms with van der Waals surface area (Å²) in [5.41, 5.74) is 0.634. The van der Waals surface area contributed by atoms with Crippen molar-refractivity contribution in [2.75, 3.05) is 23.0 Å². The number of rotatable bonds is 7. The van der Waals surface area contributed by atoms with Gasteiger partial charge in [-0.15, -0.1) is 0 Å². The van der Waals surface area contributed by atoms with Gasteiger partial charge in [-0.05, 0) is 37.6 Å². The molecule has 0 unspecified atom stereocenters. The van der Waals surface area contributed by atoms with Gasteiger partial charge in [-0.1, -0.05) is 12.1 Å². The summed E-state index contributed by atoms with van der Waals surface area (Å²) in [6, 6.07) is 8.49. The van der Waals surface area contributed by atoms with Gasteiger partial charge in [0.15, 0.2) is 0 Å². The Morgan fingerprint density at radius 2 is 1.87 bits per heavy atom. The van der Waals surface area contributed by atoms with Crippen LogP contribution in [0.2, 0.25) is 0 Å². The first-order chi connectivity index (χ1) is 14.0. The molecule has 0 aliphatic rings. The first-order valence-electron chi connectivity index (χ1n) is 8.69. The summed E-state index contributed by atoms with van der Waals surface area (Å²) >= 11 is 0. The van der Waals surface area contributed by atoms with Gasteiger partial charge in [0, 0.05) is 17.8 Å². The Kier molecular flexibility index (Phi) is 6.77. The fourth-order valence-corrected chi connectivity index (χ4v) is 4.04. The maximum atomic E-state index is 12.8. The summed E-state index contributed by atoms with van der Waals surface area (Å²) < 4.78 is 30.4. The van der Waals surface area contributed by atoms with Gasteiger partial charge in [0.25, 0.3) is 5.69 Å². The van der Waals surface area contributed by atoms with Gasteiger partial charge in [0.05, 0.1) is 29.5 Å². The Labute approximate surface area is 173 Å². The van der Waals surface area contributed by atoms with E-state index in [1.807, 2.05) is 0 Å². The second kappa shape index (κ2) is 8.91. The predicted octanol–water partition coefficient (Wildman–Crippen LogP) is 2.48. The lowest BCUT2D eigenvalue weighted by Crippen LogP contribution is -2.45. The number of benzene rings is 2. The molecular formula is C19H21N3O7S. The van der Waals surface area contributed by atoms with Crippen LogP contribution in [0.3, 0.4) is 0 Å². The van der Waals surface area contributed by atoms with Crippen LogP contribution in [0.4, 0.5) is 17.1 Å². The summed E-state index contributed by atoms with van der Waals surface area (Å²) in [5, 5.41) is 13.7. The number of esters is 1. The molecule has 2 aromatic rings. The fourth-order valence-electron chi connectivity index (χ4n) is 2.82. The monoisotopic (exact) mass is 435 g/mol. The first-order valence-corrected chi connectivity index (χ1v) is 10.5. The average Bonchev–Trinajstić information content (AvgIpc) is 2.67. The zero-order valence-corrected chi connectivity index (χ0v) is 17.6. The van der Waals surface area contributed by atoms with Crippen LogP contribution >= 0.6 is 0 Å². The molecule has 0 aliphatic heterocycles. The zero-order chi connectivity index (χ0) is 22.6. The summed E-state index contributed by atoms with van der Waals surface area (Å²) in [6.07, 6.45) is 0.910. The minimum atomic E-state index is -3.97. The SMILES string of the molecule is COC(=O)c1cccc(NC(=O)[C@@H](C)N(c2cc([N+](=O)[O-])ccc2C)S(C)(=O)=O)c1. The number of carbonyl (C=O) groups excluding carboxylic acids is 2. The largest absolute Gasteiger partial charge is 0.465 e. The Morgan fingerprint density at radius 1 is 1.20 bits per heavy atom. The van der Waals surface area contributed by atoms with Gasteiger partial charge in [0.2, 0.25) is 15.9 Å². The van der Waals surface area contributed by atoms with E-state index in [-0.39, 0.29) is 22.6 Å². The van der Waals surface area contributed by atoms with Crippen LogP contribution in [0.25, 0.3) is 0 Å². The quantitative estimate of drug-likeness (QED) is 0.401. The van der Waals surface area contributed by atoms with Gasteiger partial charge >= 0.3 is 5.97 Å². The van der Waals surface area contributed by atoms with Crippen molar-refractivity contribution in [1.82, 2.24) is 0 Å². The maximum Gasteiger partial charge on any atom is 0.337 e. The summed E-state index contributed by atoms with van der Waals surface area (Å²) in [6.45, 7) is 2.94. The zero-order valence-electron chi connectivity index (χ0n) is 16.8. The van der Waals surface area contributed by atoms with Gasteiger partial charge in [-0.2, -0.15) is 0 Å². The van der Waals surface area contributed by atoms with Crippen LogP contribution < -0.4 is 9.62 Å². The predicted molar refractivity (Wildman–Crippen MR) is 111 cm³/mol. The average molecular weight is 435 g/mol. The van der Waals surface area contributed by atoms with Crippen molar-refractivity contribution in [1.29, 1.82) is 0 Å². The van der Waals surface area contributed by atoms with Crippen LogP contribution in [0.1, 0.15) is 22.8 Å². The fraction of sp³-hybridized carbons (Fsp3) is 0.263. The molecular weight excluding hydrogens is 414 g/mol. The van der Waals surface area contributed by atoms with Crippen molar-refractivity contribution in [3.8, 4) is 0 Å². The minimum Gasteiger partial charge on any atom is -0.465 e. The molecule has 2 aromatic carbocycles. The van der Waals surface area contributed by atoms with Crippen molar-refractivity contribution in [3.05, 3.63) is 63.7 Å². The summed E-state index contributed by atoms with van der Waals surface area (Å²) in [5.74, 6) is -1.28. The van der Waals surface area contributed by atoms with E-state index in [1.54, 1.807) is 6.92 Å². The Bertz CT molecular complexity index is 1100. The van der Waals surface area contributed by atoms with E-state index < -0.39 is 32.9 Å². The molecule has 0 heterocycles. The highest BCUT2D eigenvalue weighted by molar-refractivity contribution is 7.92. The lowest BCUT2D eigenvalue weighted by Gasteiger charge is -2.29. The van der Waals surface area contributed by atoms with Gasteiger partial charge in [-0.25, -0.2) is 13.2 Å². The van der Waals surface area contributed by atoms with E-state index in [2.05, 4.69) is 10.1 Å². The number of hydrogen-bond donors (Lipinski definition) is 1. The number of nitro benzene ring substituents is 1. The highest BCUT2D eigenvalue weighted by Gasteiger charge is 2.31. The second-order valence-electron chi connectivity index (χ2n) is 6.52. The molecule has 0 aromatic heterocycles. The number of aryl methyl sites for hydroxylation is 1. The highest BCUT2D eigenvalue weighted by Crippen LogP contribution is 2.29. The smallest absolute Gasteiger partial charge is 0.337 e. The number of nitro groups is 1. The van der Waals surface area contributed by atoms with Crippen molar-refractivity contribution >= 4 is 39.0 Å². The van der Waals surface area contributed by atoms with Gasteiger partial charge in [0.1, 0.15) is 6.04 Å². The van der Waals surface area contributed by atoms with Crippen molar-refractivity contribution in [2.24, 2.45) is 0 Å². The Balaban J connectivity index is 2.41. The number of sulfonamides is 1. The number of carbonyl (C=O) groups is 2. The molecule has 2 rings (SSSR count). The van der Waals surface area contributed by atoms with E-state index >= 15 is 0 Å². The van der Waals surface area contributed by atoms with E-state index in [4.69, 9.17) is 0 Å². The van der Waals surface area contributed by atoms with Crippen molar-refractivity contribution in [2.45, 2.75) is 19.9 Å². The van der Waals surface area contributed by atoms with Gasteiger partial charge in [-0.3, -0.25) is 19.2 Å². The molecule has 0 fully saturated rings. The maximum absolute atomic E-state index is 12.8. The normalized spacial score (nSPS) is 12.0. The van der Waals surface area contributed by atoms with Crippen LogP contribution in [-0.2, 0) is 19.6 Å². The standard InChI is InChI=1S/C19H21N3O7S/c1-12-8-9-16(22(25)26)11-17(12)21(30(4,27)28)13(2)18(23)20-15-7-5-6-14(10-15)19(24)29-3/h5-11,13H,1-4H3,(H,20,23)/t13-/m1/s1. The number of nitrogens with zero attached hydrogens (tertiary/aromatic N) is 2. The molecule has 0 aliphatic carbocycles. The molecule has 30 heavy (non-hydrogen) atoms. The third-order valence-corrected chi connectivity index (χ3v) is 5.51. The molecule has 160 valence electrons. The number of amides is 1. The van der Waals surface area contributed by atoms with E-state index in [9.17, 15) is 28.1 Å². The molecule has 0 spiro atoms. The lowest BCUT2D eigenvalue weighted by atomic mass is 10.1. The summed E-state index contributed by atoms with van der Waals surface area (Å²) in [4.78, 5) is 34.9. The molecule has 0 bridgehead atoms. The molecule has 0 radical (unpaired) electrons. The molecule has 0 saturated carbocycles. The first kappa shape index (κ1) is 22.8. The molecule has 1 atom stereocenters. The third kappa shape index (κ3) is 5.11. The van der Waals surface area contributed by atoms with Crippen LogP contribution in [-0.4, -0.2) is 44.6 Å². The number of non-ortho nitro benzene ring substituents is 1. The highest BCUT2D eigenvalue weighted by atomic mass is 32.2. The Morgan fingerprint density at radius 3 is 2.43 bits per heavy atom. The number of hydrogen-bond acceptors (Lipinski definition) is 7. The molecule has 0 saturated heterocycles. The van der Waals surface area contributed by atoms with Crippen molar-refractivity contribution < 1.29 is 27.7 Å². The summed E-state index contributed by atoms with van der Waals surface area (Å²) in [7, 11) is -2.75. The third-order valence-electron chi connectivity index (χ3n) is 4.28. The number of anilines is 2. The number of methoxy groups -OCH3 is 1. The Hall–Kier alpha value is -3.47. The second-order valence-corrected chi connectivity index (χ2v) is 8.38.